The Hall–Kier alpha value is -3.65. The van der Waals surface area contributed by atoms with Crippen LogP contribution in [-0.2, 0) is 4.79 Å². The number of aromatic nitrogens is 1. The summed E-state index contributed by atoms with van der Waals surface area (Å²) in [6, 6.07) is 11.2. The zero-order chi connectivity index (χ0) is 20.8. The van der Waals surface area contributed by atoms with E-state index < -0.39 is 0 Å². The van der Waals surface area contributed by atoms with Crippen LogP contribution in [0.5, 0.6) is 0 Å². The van der Waals surface area contributed by atoms with E-state index in [4.69, 9.17) is 4.42 Å². The van der Waals surface area contributed by atoms with E-state index in [2.05, 4.69) is 27.5 Å². The zero-order valence-electron chi connectivity index (χ0n) is 16.1. The number of benzene rings is 2. The number of amides is 2. The fourth-order valence-corrected chi connectivity index (χ4v) is 4.55. The van der Waals surface area contributed by atoms with E-state index in [0.29, 0.717) is 34.1 Å². The van der Waals surface area contributed by atoms with Gasteiger partial charge in [-0.3, -0.25) is 9.59 Å². The number of nitrogens with zero attached hydrogens (tertiary/aromatic N) is 1. The van der Waals surface area contributed by atoms with Crippen LogP contribution < -0.4 is 16.0 Å². The van der Waals surface area contributed by atoms with E-state index in [-0.39, 0.29) is 17.9 Å². The number of carbonyl (C=O) groups excluding carboxylic acids is 2. The minimum absolute atomic E-state index is 0.0544. The molecule has 2 aromatic heterocycles. The monoisotopic (exact) mass is 418 g/mol. The molecule has 2 amide bonds. The fraction of sp³-hybridized carbons (Fsp3) is 0.136. The van der Waals surface area contributed by atoms with Gasteiger partial charge in [0, 0.05) is 33.9 Å². The van der Waals surface area contributed by atoms with E-state index in [9.17, 15) is 9.59 Å². The van der Waals surface area contributed by atoms with Gasteiger partial charge in [0.2, 0.25) is 11.8 Å². The summed E-state index contributed by atoms with van der Waals surface area (Å²) < 4.78 is 6.95. The van der Waals surface area contributed by atoms with Crippen molar-refractivity contribution in [1.82, 2.24) is 10.3 Å². The number of hydrogen-bond donors (Lipinski definition) is 3. The predicted molar refractivity (Wildman–Crippen MR) is 119 cm³/mol. The van der Waals surface area contributed by atoms with Crippen LogP contribution in [0.4, 0.5) is 11.4 Å². The Morgan fingerprint density at radius 2 is 2.20 bits per heavy atom. The standard InChI is InChI=1S/C22H18N4O3S/c1-3-18(27)25-13-5-6-16-15(9-13)26-22(29-16)12-4-7-17-14(8-12)19-20(30-17)21(28)24-11(2)10-23-19/h3-9,11,23H,1,10H2,2H3,(H,24,28)(H,25,27). The van der Waals surface area contributed by atoms with Crippen LogP contribution in [0, 0.1) is 0 Å². The van der Waals surface area contributed by atoms with Gasteiger partial charge < -0.3 is 20.4 Å². The van der Waals surface area contributed by atoms with E-state index in [1.165, 1.54) is 17.4 Å². The molecule has 0 spiro atoms. The van der Waals surface area contributed by atoms with Crippen molar-refractivity contribution in [3.63, 3.8) is 0 Å². The first-order valence-corrected chi connectivity index (χ1v) is 10.3. The first-order chi connectivity index (χ1) is 14.5. The van der Waals surface area contributed by atoms with Crippen LogP contribution in [0.25, 0.3) is 32.6 Å². The van der Waals surface area contributed by atoms with Gasteiger partial charge in [0.05, 0.1) is 5.69 Å². The predicted octanol–water partition coefficient (Wildman–Crippen LogP) is 4.38. The number of hydrogen-bond acceptors (Lipinski definition) is 6. The molecule has 1 unspecified atom stereocenters. The second-order valence-corrected chi connectivity index (χ2v) is 8.22. The van der Waals surface area contributed by atoms with Gasteiger partial charge in [-0.05, 0) is 49.4 Å². The molecule has 1 atom stereocenters. The number of nitrogens with one attached hydrogen (secondary N) is 3. The SMILES string of the molecule is C=CC(=O)Nc1ccc2oc(-c3ccc4sc5c(c4c3)NCC(C)NC5=O)nc2c1. The quantitative estimate of drug-likeness (QED) is 0.429. The Labute approximate surface area is 175 Å². The Balaban J connectivity index is 1.56. The first-order valence-electron chi connectivity index (χ1n) is 9.47. The van der Waals surface area contributed by atoms with Crippen LogP contribution in [0.3, 0.4) is 0 Å². The van der Waals surface area contributed by atoms with Gasteiger partial charge in [0.15, 0.2) is 5.58 Å². The molecule has 3 N–H and O–H groups in total. The lowest BCUT2D eigenvalue weighted by Crippen LogP contribution is -2.34. The zero-order valence-corrected chi connectivity index (χ0v) is 16.9. The normalized spacial score (nSPS) is 15.9. The van der Waals surface area contributed by atoms with Gasteiger partial charge >= 0.3 is 0 Å². The molecule has 3 heterocycles. The fourth-order valence-electron chi connectivity index (χ4n) is 3.48. The average Bonchev–Trinajstić information content (AvgIpc) is 3.28. The summed E-state index contributed by atoms with van der Waals surface area (Å²) in [5.74, 6) is 0.138. The third kappa shape index (κ3) is 3.11. The summed E-state index contributed by atoms with van der Waals surface area (Å²) in [6.45, 7) is 6.09. The van der Waals surface area contributed by atoms with Gasteiger partial charge in [-0.1, -0.05) is 6.58 Å². The maximum absolute atomic E-state index is 12.5. The van der Waals surface area contributed by atoms with Crippen molar-refractivity contribution in [1.29, 1.82) is 0 Å². The van der Waals surface area contributed by atoms with E-state index in [0.717, 1.165) is 21.3 Å². The minimum atomic E-state index is -0.285. The third-order valence-corrected chi connectivity index (χ3v) is 6.11. The second kappa shape index (κ2) is 7.00. The highest BCUT2D eigenvalue weighted by atomic mass is 32.1. The highest BCUT2D eigenvalue weighted by molar-refractivity contribution is 7.21. The first kappa shape index (κ1) is 18.4. The van der Waals surface area contributed by atoms with Crippen molar-refractivity contribution in [3.8, 4) is 11.5 Å². The Morgan fingerprint density at radius 3 is 3.03 bits per heavy atom. The summed E-state index contributed by atoms with van der Waals surface area (Å²) in [4.78, 5) is 29.3. The maximum Gasteiger partial charge on any atom is 0.263 e. The summed E-state index contributed by atoms with van der Waals surface area (Å²) in [6.07, 6.45) is 1.21. The van der Waals surface area contributed by atoms with Crippen molar-refractivity contribution in [2.75, 3.05) is 17.2 Å². The molecular formula is C22H18N4O3S. The van der Waals surface area contributed by atoms with Crippen LogP contribution >= 0.6 is 11.3 Å². The van der Waals surface area contributed by atoms with Crippen molar-refractivity contribution >= 4 is 55.7 Å². The van der Waals surface area contributed by atoms with Crippen LogP contribution in [0.2, 0.25) is 0 Å². The summed E-state index contributed by atoms with van der Waals surface area (Å²) in [5.41, 5.74) is 3.55. The van der Waals surface area contributed by atoms with Gasteiger partial charge in [0.25, 0.3) is 5.91 Å². The lowest BCUT2D eigenvalue weighted by Gasteiger charge is -2.09. The molecule has 0 fully saturated rings. The van der Waals surface area contributed by atoms with Gasteiger partial charge in [0.1, 0.15) is 10.4 Å². The minimum Gasteiger partial charge on any atom is -0.436 e. The topological polar surface area (TPSA) is 96.3 Å². The van der Waals surface area contributed by atoms with E-state index in [1.54, 1.807) is 18.2 Å². The van der Waals surface area contributed by atoms with Crippen molar-refractivity contribution in [3.05, 3.63) is 53.9 Å². The molecule has 5 rings (SSSR count). The molecule has 4 aromatic rings. The molecule has 2 aromatic carbocycles. The summed E-state index contributed by atoms with van der Waals surface area (Å²) in [5, 5.41) is 10.1. The molecule has 7 nitrogen and oxygen atoms in total. The van der Waals surface area contributed by atoms with Gasteiger partial charge in [-0.25, -0.2) is 4.98 Å². The van der Waals surface area contributed by atoms with Gasteiger partial charge in [-0.2, -0.15) is 0 Å². The molecular weight excluding hydrogens is 400 g/mol. The van der Waals surface area contributed by atoms with E-state index in [1.807, 2.05) is 25.1 Å². The van der Waals surface area contributed by atoms with Crippen molar-refractivity contribution < 1.29 is 14.0 Å². The Kier molecular flexibility index (Phi) is 4.29. The molecule has 0 saturated heterocycles. The Morgan fingerprint density at radius 1 is 1.33 bits per heavy atom. The summed E-state index contributed by atoms with van der Waals surface area (Å²) in [7, 11) is 0. The molecule has 8 heteroatoms. The number of rotatable bonds is 3. The highest BCUT2D eigenvalue weighted by Crippen LogP contribution is 2.39. The smallest absolute Gasteiger partial charge is 0.263 e. The number of fused-ring (bicyclic) bond motifs is 4. The highest BCUT2D eigenvalue weighted by Gasteiger charge is 2.24. The molecule has 0 bridgehead atoms. The van der Waals surface area contributed by atoms with Crippen LogP contribution in [-0.4, -0.2) is 29.4 Å². The molecule has 0 radical (unpaired) electrons. The number of oxazole rings is 1. The third-order valence-electron chi connectivity index (χ3n) is 4.94. The van der Waals surface area contributed by atoms with Crippen LogP contribution in [0.15, 0.2) is 53.5 Å². The van der Waals surface area contributed by atoms with Crippen molar-refractivity contribution in [2.24, 2.45) is 0 Å². The molecule has 0 saturated carbocycles. The molecule has 1 aliphatic heterocycles. The van der Waals surface area contributed by atoms with E-state index >= 15 is 0 Å². The number of thiophene rings is 1. The second-order valence-electron chi connectivity index (χ2n) is 7.17. The largest absolute Gasteiger partial charge is 0.436 e. The lowest BCUT2D eigenvalue weighted by atomic mass is 10.1. The van der Waals surface area contributed by atoms with Crippen LogP contribution in [0.1, 0.15) is 16.6 Å². The molecule has 0 aliphatic carbocycles. The van der Waals surface area contributed by atoms with Crippen molar-refractivity contribution in [2.45, 2.75) is 13.0 Å². The average molecular weight is 418 g/mol. The molecule has 1 aliphatic rings. The maximum atomic E-state index is 12.5. The number of carbonyl (C=O) groups is 2. The number of anilines is 2. The lowest BCUT2D eigenvalue weighted by molar-refractivity contribution is -0.111. The Bertz CT molecular complexity index is 1340. The van der Waals surface area contributed by atoms with Gasteiger partial charge in [-0.15, -0.1) is 11.3 Å². The molecule has 150 valence electrons. The summed E-state index contributed by atoms with van der Waals surface area (Å²) >= 11 is 1.47. The molecule has 30 heavy (non-hydrogen) atoms.